The second-order valence-electron chi connectivity index (χ2n) is 6.66. The zero-order valence-electron chi connectivity index (χ0n) is 15.0. The Morgan fingerprint density at radius 3 is 2.72 bits per heavy atom. The number of methoxy groups -OCH3 is 2. The van der Waals surface area contributed by atoms with Crippen LogP contribution < -0.4 is 14.8 Å². The van der Waals surface area contributed by atoms with Crippen LogP contribution in [0.3, 0.4) is 0 Å². The second-order valence-corrected chi connectivity index (χ2v) is 6.66. The number of nitrogens with one attached hydrogen (secondary N) is 2. The molecule has 2 heterocycles. The topological polar surface area (TPSA) is 46.3 Å². The van der Waals surface area contributed by atoms with Gasteiger partial charge in [-0.05, 0) is 55.1 Å². The third-order valence-corrected chi connectivity index (χ3v) is 5.18. The summed E-state index contributed by atoms with van der Waals surface area (Å²) in [6, 6.07) is 13.0. The van der Waals surface area contributed by atoms with Crippen LogP contribution in [0, 0.1) is 6.92 Å². The van der Waals surface area contributed by atoms with Gasteiger partial charge >= 0.3 is 0 Å². The van der Waals surface area contributed by atoms with Gasteiger partial charge in [0.15, 0.2) is 11.5 Å². The first kappa shape index (κ1) is 16.0. The van der Waals surface area contributed by atoms with Crippen LogP contribution in [-0.4, -0.2) is 25.7 Å². The molecule has 1 atom stereocenters. The molecule has 0 aliphatic carbocycles. The van der Waals surface area contributed by atoms with Gasteiger partial charge in [0.05, 0.1) is 20.3 Å². The van der Waals surface area contributed by atoms with Crippen LogP contribution >= 0.6 is 0 Å². The molecule has 130 valence electrons. The van der Waals surface area contributed by atoms with Crippen molar-refractivity contribution in [3.8, 4) is 11.5 Å². The van der Waals surface area contributed by atoms with E-state index >= 15 is 0 Å². The number of aromatic amines is 1. The third kappa shape index (κ3) is 2.76. The van der Waals surface area contributed by atoms with Crippen molar-refractivity contribution in [2.45, 2.75) is 25.8 Å². The van der Waals surface area contributed by atoms with Crippen LogP contribution in [-0.2, 0) is 12.8 Å². The second kappa shape index (κ2) is 6.45. The van der Waals surface area contributed by atoms with Gasteiger partial charge < -0.3 is 19.8 Å². The molecule has 0 saturated carbocycles. The lowest BCUT2D eigenvalue weighted by molar-refractivity contribution is 0.354. The molecule has 1 aromatic heterocycles. The molecule has 4 heteroatoms. The quantitative estimate of drug-likeness (QED) is 0.759. The van der Waals surface area contributed by atoms with Crippen molar-refractivity contribution < 1.29 is 9.47 Å². The van der Waals surface area contributed by atoms with Crippen LogP contribution in [0.25, 0.3) is 10.9 Å². The van der Waals surface area contributed by atoms with E-state index in [2.05, 4.69) is 47.6 Å². The first-order valence-electron chi connectivity index (χ1n) is 8.75. The van der Waals surface area contributed by atoms with E-state index < -0.39 is 0 Å². The number of aryl methyl sites for hydroxylation is 1. The Morgan fingerprint density at radius 2 is 1.92 bits per heavy atom. The van der Waals surface area contributed by atoms with Crippen LogP contribution in [0.5, 0.6) is 11.5 Å². The number of hydrogen-bond acceptors (Lipinski definition) is 3. The maximum atomic E-state index is 5.45. The van der Waals surface area contributed by atoms with Crippen molar-refractivity contribution in [2.75, 3.05) is 20.8 Å². The lowest BCUT2D eigenvalue weighted by Gasteiger charge is -2.25. The van der Waals surface area contributed by atoms with Gasteiger partial charge in [-0.1, -0.05) is 24.3 Å². The van der Waals surface area contributed by atoms with Gasteiger partial charge in [0.1, 0.15) is 0 Å². The maximum Gasteiger partial charge on any atom is 0.160 e. The number of fused-ring (bicyclic) bond motifs is 3. The first-order valence-corrected chi connectivity index (χ1v) is 8.75. The van der Waals surface area contributed by atoms with Crippen molar-refractivity contribution in [1.82, 2.24) is 10.3 Å². The maximum absolute atomic E-state index is 5.45. The van der Waals surface area contributed by atoms with Gasteiger partial charge in [-0.3, -0.25) is 0 Å². The zero-order chi connectivity index (χ0) is 17.4. The summed E-state index contributed by atoms with van der Waals surface area (Å²) in [6.45, 7) is 3.17. The predicted molar refractivity (Wildman–Crippen MR) is 101 cm³/mol. The fourth-order valence-corrected chi connectivity index (χ4v) is 3.90. The molecular weight excluding hydrogens is 312 g/mol. The van der Waals surface area contributed by atoms with E-state index in [0.717, 1.165) is 30.9 Å². The van der Waals surface area contributed by atoms with Gasteiger partial charge in [-0.2, -0.15) is 0 Å². The Hall–Kier alpha value is -2.46. The molecule has 0 bridgehead atoms. The molecule has 0 radical (unpaired) electrons. The zero-order valence-corrected chi connectivity index (χ0v) is 15.0. The normalized spacial score (nSPS) is 16.7. The summed E-state index contributed by atoms with van der Waals surface area (Å²) >= 11 is 0. The molecular formula is C21H24N2O2. The van der Waals surface area contributed by atoms with E-state index in [-0.39, 0.29) is 6.04 Å². The summed E-state index contributed by atoms with van der Waals surface area (Å²) < 4.78 is 10.8. The minimum atomic E-state index is 0.286. The highest BCUT2D eigenvalue weighted by Crippen LogP contribution is 2.34. The van der Waals surface area contributed by atoms with E-state index in [9.17, 15) is 0 Å². The minimum Gasteiger partial charge on any atom is -0.493 e. The molecule has 0 amide bonds. The molecule has 2 aromatic carbocycles. The molecule has 0 saturated heterocycles. The number of H-pyrrole nitrogens is 1. The highest BCUT2D eigenvalue weighted by atomic mass is 16.5. The Bertz CT molecular complexity index is 914. The largest absolute Gasteiger partial charge is 0.493 e. The molecule has 4 nitrogen and oxygen atoms in total. The van der Waals surface area contributed by atoms with Crippen molar-refractivity contribution in [2.24, 2.45) is 0 Å². The van der Waals surface area contributed by atoms with Crippen LogP contribution in [0.2, 0.25) is 0 Å². The highest BCUT2D eigenvalue weighted by molar-refractivity contribution is 5.87. The lowest BCUT2D eigenvalue weighted by atomic mass is 9.94. The van der Waals surface area contributed by atoms with E-state index in [1.807, 2.05) is 6.07 Å². The van der Waals surface area contributed by atoms with Gasteiger partial charge in [0, 0.05) is 16.6 Å². The van der Waals surface area contributed by atoms with Gasteiger partial charge in [0.2, 0.25) is 0 Å². The first-order chi connectivity index (χ1) is 12.2. The Morgan fingerprint density at radius 1 is 1.08 bits per heavy atom. The third-order valence-electron chi connectivity index (χ3n) is 5.18. The fourth-order valence-electron chi connectivity index (χ4n) is 3.90. The molecule has 1 aliphatic rings. The number of ether oxygens (including phenoxy) is 2. The van der Waals surface area contributed by atoms with Crippen LogP contribution in [0.15, 0.2) is 36.4 Å². The Kier molecular flexibility index (Phi) is 4.14. The molecule has 25 heavy (non-hydrogen) atoms. The number of para-hydroxylation sites is 1. The molecule has 4 rings (SSSR count). The van der Waals surface area contributed by atoms with Crippen LogP contribution in [0.4, 0.5) is 0 Å². The summed E-state index contributed by atoms with van der Waals surface area (Å²) in [4.78, 5) is 3.69. The molecule has 3 aromatic rings. The molecule has 1 aliphatic heterocycles. The number of benzene rings is 2. The lowest BCUT2D eigenvalue weighted by Crippen LogP contribution is -2.31. The smallest absolute Gasteiger partial charge is 0.160 e. The fraction of sp³-hybridized carbons (Fsp3) is 0.333. The Labute approximate surface area is 148 Å². The summed E-state index contributed by atoms with van der Waals surface area (Å²) in [5, 5.41) is 5.04. The van der Waals surface area contributed by atoms with E-state index in [0.29, 0.717) is 0 Å². The highest BCUT2D eigenvalue weighted by Gasteiger charge is 2.24. The summed E-state index contributed by atoms with van der Waals surface area (Å²) in [5.41, 5.74) is 6.59. The average molecular weight is 336 g/mol. The number of hydrogen-bond donors (Lipinski definition) is 2. The van der Waals surface area contributed by atoms with Gasteiger partial charge in [-0.25, -0.2) is 0 Å². The van der Waals surface area contributed by atoms with E-state index in [1.165, 1.54) is 33.3 Å². The van der Waals surface area contributed by atoms with Crippen LogP contribution in [0.1, 0.15) is 28.4 Å². The van der Waals surface area contributed by atoms with Gasteiger partial charge in [-0.15, -0.1) is 0 Å². The van der Waals surface area contributed by atoms with Crippen molar-refractivity contribution in [3.63, 3.8) is 0 Å². The van der Waals surface area contributed by atoms with Crippen molar-refractivity contribution in [3.05, 3.63) is 58.8 Å². The summed E-state index contributed by atoms with van der Waals surface area (Å²) in [5.74, 6) is 1.55. The molecule has 1 unspecified atom stereocenters. The molecule has 2 N–H and O–H groups in total. The van der Waals surface area contributed by atoms with Crippen molar-refractivity contribution in [1.29, 1.82) is 0 Å². The monoisotopic (exact) mass is 336 g/mol. The van der Waals surface area contributed by atoms with Gasteiger partial charge in [0.25, 0.3) is 0 Å². The Balaban J connectivity index is 1.70. The summed E-state index contributed by atoms with van der Waals surface area (Å²) in [6.07, 6.45) is 1.99. The number of aromatic nitrogens is 1. The van der Waals surface area contributed by atoms with E-state index in [4.69, 9.17) is 9.47 Å². The number of rotatable bonds is 4. The predicted octanol–water partition coefficient (Wildman–Crippen LogP) is 3.92. The molecule has 0 fully saturated rings. The summed E-state index contributed by atoms with van der Waals surface area (Å²) in [7, 11) is 3.35. The van der Waals surface area contributed by atoms with E-state index in [1.54, 1.807) is 14.2 Å². The molecule has 0 spiro atoms. The minimum absolute atomic E-state index is 0.286. The standard InChI is InChI=1S/C21H24N2O2/c1-13-5-4-6-15-16-9-10-22-17(21(16)23-20(13)15)11-14-7-8-18(24-2)19(12-14)25-3/h4-8,12,17,22-23H,9-11H2,1-3H3. The SMILES string of the molecule is COc1ccc(CC2NCCc3c2[nH]c2c(C)cccc32)cc1OC. The average Bonchev–Trinajstić information content (AvgIpc) is 3.03. The van der Waals surface area contributed by atoms with Crippen molar-refractivity contribution >= 4 is 10.9 Å².